The molecule has 6 heteroatoms. The Balaban J connectivity index is 2.19. The SMILES string of the molecule is COc1ccc(COc2c(I)cc(I)cc2I)cc1C#N. The summed E-state index contributed by atoms with van der Waals surface area (Å²) in [6, 6.07) is 11.8. The molecule has 0 fully saturated rings. The normalized spacial score (nSPS) is 10.0. The van der Waals surface area contributed by atoms with E-state index in [1.165, 1.54) is 3.57 Å². The molecule has 0 saturated carbocycles. The molecule has 0 aliphatic heterocycles. The lowest BCUT2D eigenvalue weighted by Crippen LogP contribution is -2.00. The minimum Gasteiger partial charge on any atom is -0.495 e. The van der Waals surface area contributed by atoms with Crippen LogP contribution in [-0.4, -0.2) is 7.11 Å². The molecule has 0 spiro atoms. The van der Waals surface area contributed by atoms with Crippen molar-refractivity contribution in [2.75, 3.05) is 7.11 Å². The summed E-state index contributed by atoms with van der Waals surface area (Å²) in [4.78, 5) is 0. The maximum absolute atomic E-state index is 9.10. The summed E-state index contributed by atoms with van der Waals surface area (Å²) >= 11 is 6.84. The summed E-state index contributed by atoms with van der Waals surface area (Å²) in [5, 5.41) is 9.10. The Morgan fingerprint density at radius 1 is 1.10 bits per heavy atom. The third kappa shape index (κ3) is 4.35. The van der Waals surface area contributed by atoms with Gasteiger partial charge in [-0.3, -0.25) is 0 Å². The fraction of sp³-hybridized carbons (Fsp3) is 0.133. The van der Waals surface area contributed by atoms with Crippen molar-refractivity contribution in [3.05, 3.63) is 52.2 Å². The number of benzene rings is 2. The minimum absolute atomic E-state index is 0.422. The molecule has 0 bridgehead atoms. The van der Waals surface area contributed by atoms with Gasteiger partial charge in [-0.25, -0.2) is 0 Å². The zero-order valence-corrected chi connectivity index (χ0v) is 17.5. The number of rotatable bonds is 4. The first kappa shape index (κ1) is 17.1. The zero-order valence-electron chi connectivity index (χ0n) is 11.0. The fourth-order valence-electron chi connectivity index (χ4n) is 1.75. The van der Waals surface area contributed by atoms with Crippen LogP contribution < -0.4 is 9.47 Å². The molecule has 0 amide bonds. The molecule has 21 heavy (non-hydrogen) atoms. The number of hydrogen-bond acceptors (Lipinski definition) is 3. The Kier molecular flexibility index (Phi) is 6.36. The maximum atomic E-state index is 9.10. The van der Waals surface area contributed by atoms with Gasteiger partial charge in [-0.1, -0.05) is 6.07 Å². The van der Waals surface area contributed by atoms with Crippen molar-refractivity contribution in [1.29, 1.82) is 5.26 Å². The van der Waals surface area contributed by atoms with Crippen molar-refractivity contribution in [1.82, 2.24) is 0 Å². The van der Waals surface area contributed by atoms with Crippen LogP contribution >= 0.6 is 67.8 Å². The van der Waals surface area contributed by atoms with Gasteiger partial charge >= 0.3 is 0 Å². The largest absolute Gasteiger partial charge is 0.495 e. The number of ether oxygens (including phenoxy) is 2. The lowest BCUT2D eigenvalue weighted by molar-refractivity contribution is 0.301. The Hall–Kier alpha value is -0.280. The van der Waals surface area contributed by atoms with E-state index < -0.39 is 0 Å². The van der Waals surface area contributed by atoms with Crippen molar-refractivity contribution >= 4 is 67.8 Å². The zero-order chi connectivity index (χ0) is 15.4. The highest BCUT2D eigenvalue weighted by Crippen LogP contribution is 2.30. The predicted octanol–water partition coefficient (Wildman–Crippen LogP) is 4.96. The summed E-state index contributed by atoms with van der Waals surface area (Å²) in [6.45, 7) is 0.422. The van der Waals surface area contributed by atoms with Gasteiger partial charge in [-0.05, 0) is 97.6 Å². The first-order chi connectivity index (χ1) is 10.0. The quantitative estimate of drug-likeness (QED) is 0.457. The highest BCUT2D eigenvalue weighted by molar-refractivity contribution is 14.1. The average Bonchev–Trinajstić information content (AvgIpc) is 2.45. The molecule has 2 rings (SSSR count). The van der Waals surface area contributed by atoms with Crippen molar-refractivity contribution in [3.63, 3.8) is 0 Å². The van der Waals surface area contributed by atoms with E-state index in [2.05, 4.69) is 86.0 Å². The van der Waals surface area contributed by atoms with E-state index in [1.54, 1.807) is 19.2 Å². The van der Waals surface area contributed by atoms with Gasteiger partial charge in [0.25, 0.3) is 0 Å². The standard InChI is InChI=1S/C15H10I3NO2/c1-20-14-3-2-9(4-10(14)7-19)8-21-15-12(17)5-11(16)6-13(15)18/h2-6H,8H2,1H3. The van der Waals surface area contributed by atoms with E-state index in [4.69, 9.17) is 14.7 Å². The monoisotopic (exact) mass is 617 g/mol. The Labute approximate surface area is 164 Å². The molecule has 0 atom stereocenters. The molecule has 0 heterocycles. The fourth-order valence-corrected chi connectivity index (χ4v) is 5.65. The minimum atomic E-state index is 0.422. The van der Waals surface area contributed by atoms with Crippen molar-refractivity contribution < 1.29 is 9.47 Å². The second-order valence-corrected chi connectivity index (χ2v) is 7.70. The molecule has 0 N–H and O–H groups in total. The number of nitriles is 1. The van der Waals surface area contributed by atoms with Crippen LogP contribution in [0.1, 0.15) is 11.1 Å². The Bertz CT molecular complexity index is 688. The first-order valence-electron chi connectivity index (χ1n) is 5.89. The van der Waals surface area contributed by atoms with Crippen LogP contribution in [-0.2, 0) is 6.61 Å². The van der Waals surface area contributed by atoms with Gasteiger partial charge in [-0.15, -0.1) is 0 Å². The summed E-state index contributed by atoms with van der Waals surface area (Å²) in [6.07, 6.45) is 0. The third-order valence-electron chi connectivity index (χ3n) is 2.73. The molecule has 0 aromatic heterocycles. The summed E-state index contributed by atoms with van der Waals surface area (Å²) in [7, 11) is 1.56. The van der Waals surface area contributed by atoms with Gasteiger partial charge < -0.3 is 9.47 Å². The predicted molar refractivity (Wildman–Crippen MR) is 107 cm³/mol. The summed E-state index contributed by atoms with van der Waals surface area (Å²) < 4.78 is 14.4. The van der Waals surface area contributed by atoms with Gasteiger partial charge in [0, 0.05) is 3.57 Å². The molecular formula is C15H10I3NO2. The topological polar surface area (TPSA) is 42.2 Å². The van der Waals surface area contributed by atoms with Crippen LogP contribution in [0.2, 0.25) is 0 Å². The maximum Gasteiger partial charge on any atom is 0.146 e. The average molecular weight is 617 g/mol. The van der Waals surface area contributed by atoms with Crippen molar-refractivity contribution in [2.24, 2.45) is 0 Å². The molecule has 0 aliphatic rings. The molecule has 2 aromatic carbocycles. The van der Waals surface area contributed by atoms with Crippen LogP contribution in [0, 0.1) is 22.0 Å². The lowest BCUT2D eigenvalue weighted by atomic mass is 10.1. The molecule has 0 radical (unpaired) electrons. The van der Waals surface area contributed by atoms with Gasteiger partial charge in [-0.2, -0.15) is 5.26 Å². The molecule has 0 unspecified atom stereocenters. The molecule has 3 nitrogen and oxygen atoms in total. The van der Waals surface area contributed by atoms with Crippen LogP contribution in [0.3, 0.4) is 0 Å². The number of nitrogens with zero attached hydrogens (tertiary/aromatic N) is 1. The van der Waals surface area contributed by atoms with Crippen LogP contribution in [0.4, 0.5) is 0 Å². The Morgan fingerprint density at radius 3 is 2.33 bits per heavy atom. The molecular weight excluding hydrogens is 607 g/mol. The lowest BCUT2D eigenvalue weighted by Gasteiger charge is -2.12. The van der Waals surface area contributed by atoms with E-state index in [0.717, 1.165) is 18.5 Å². The van der Waals surface area contributed by atoms with Crippen molar-refractivity contribution in [2.45, 2.75) is 6.61 Å². The van der Waals surface area contributed by atoms with E-state index >= 15 is 0 Å². The van der Waals surface area contributed by atoms with Gasteiger partial charge in [0.05, 0.1) is 19.8 Å². The number of methoxy groups -OCH3 is 1. The van der Waals surface area contributed by atoms with Gasteiger partial charge in [0.15, 0.2) is 0 Å². The summed E-state index contributed by atoms with van der Waals surface area (Å²) in [5.74, 6) is 1.46. The summed E-state index contributed by atoms with van der Waals surface area (Å²) in [5.41, 5.74) is 1.46. The third-order valence-corrected chi connectivity index (χ3v) is 4.96. The van der Waals surface area contributed by atoms with Crippen LogP contribution in [0.15, 0.2) is 30.3 Å². The molecule has 2 aromatic rings. The Morgan fingerprint density at radius 2 is 1.76 bits per heavy atom. The van der Waals surface area contributed by atoms with E-state index in [1.807, 2.05) is 6.07 Å². The molecule has 0 aliphatic carbocycles. The van der Waals surface area contributed by atoms with Gasteiger partial charge in [0.2, 0.25) is 0 Å². The first-order valence-corrected chi connectivity index (χ1v) is 9.13. The number of hydrogen-bond donors (Lipinski definition) is 0. The van der Waals surface area contributed by atoms with Crippen molar-refractivity contribution in [3.8, 4) is 17.6 Å². The highest BCUT2D eigenvalue weighted by atomic mass is 127. The second-order valence-electron chi connectivity index (χ2n) is 4.13. The highest BCUT2D eigenvalue weighted by Gasteiger charge is 2.09. The van der Waals surface area contributed by atoms with E-state index in [9.17, 15) is 0 Å². The smallest absolute Gasteiger partial charge is 0.146 e. The van der Waals surface area contributed by atoms with Gasteiger partial charge in [0.1, 0.15) is 24.2 Å². The second kappa shape index (κ2) is 7.82. The van der Waals surface area contributed by atoms with E-state index in [0.29, 0.717) is 17.9 Å². The van der Waals surface area contributed by atoms with E-state index in [-0.39, 0.29) is 0 Å². The van der Waals surface area contributed by atoms with Crippen LogP contribution in [0.25, 0.3) is 0 Å². The van der Waals surface area contributed by atoms with Crippen LogP contribution in [0.5, 0.6) is 11.5 Å². The molecule has 108 valence electrons. The number of halogens is 3. The molecule has 0 saturated heterocycles.